The molecule has 15 heavy (non-hydrogen) atoms. The second kappa shape index (κ2) is 7.87. The van der Waals surface area contributed by atoms with Crippen LogP contribution in [-0.2, 0) is 11.3 Å². The van der Waals surface area contributed by atoms with Gasteiger partial charge >= 0.3 is 0 Å². The van der Waals surface area contributed by atoms with Crippen LogP contribution in [0.5, 0.6) is 0 Å². The van der Waals surface area contributed by atoms with E-state index in [0.717, 1.165) is 23.2 Å². The van der Waals surface area contributed by atoms with Gasteiger partial charge in [-0.05, 0) is 35.0 Å². The highest BCUT2D eigenvalue weighted by Gasteiger charge is 2.01. The van der Waals surface area contributed by atoms with E-state index in [1.54, 1.807) is 6.26 Å². The number of hydrogen-bond donors (Lipinski definition) is 2. The Bertz CT molecular complexity index is 265. The monoisotopic (exact) mass is 277 g/mol. The fourth-order valence-corrected chi connectivity index (χ4v) is 1.46. The fourth-order valence-electron chi connectivity index (χ4n) is 1.12. The van der Waals surface area contributed by atoms with E-state index >= 15 is 0 Å². The van der Waals surface area contributed by atoms with Gasteiger partial charge in [0.1, 0.15) is 5.76 Å². The molecule has 1 aromatic heterocycles. The number of nitrogens with one attached hydrogen (secondary N) is 1. The van der Waals surface area contributed by atoms with Gasteiger partial charge < -0.3 is 19.6 Å². The smallest absolute Gasteiger partial charge is 0.131 e. The summed E-state index contributed by atoms with van der Waals surface area (Å²) in [4.78, 5) is 0. The lowest BCUT2D eigenvalue weighted by Crippen LogP contribution is -2.16. The molecule has 0 aliphatic rings. The molecule has 0 saturated carbocycles. The second-order valence-corrected chi connectivity index (χ2v) is 3.91. The normalized spacial score (nSPS) is 10.8. The first-order valence-corrected chi connectivity index (χ1v) is 5.75. The third kappa shape index (κ3) is 5.32. The summed E-state index contributed by atoms with van der Waals surface area (Å²) >= 11 is 3.38. The SMILES string of the molecule is OCCOCCCNCc1occc1Br. The minimum Gasteiger partial charge on any atom is -0.467 e. The highest BCUT2D eigenvalue weighted by Crippen LogP contribution is 2.16. The lowest BCUT2D eigenvalue weighted by molar-refractivity contribution is 0.0906. The molecular formula is C10H16BrNO3. The molecular weight excluding hydrogens is 262 g/mol. The maximum Gasteiger partial charge on any atom is 0.131 e. The van der Waals surface area contributed by atoms with Crippen LogP contribution in [0.3, 0.4) is 0 Å². The first-order valence-electron chi connectivity index (χ1n) is 4.96. The van der Waals surface area contributed by atoms with E-state index < -0.39 is 0 Å². The number of ether oxygens (including phenoxy) is 1. The molecule has 0 unspecified atom stereocenters. The van der Waals surface area contributed by atoms with Gasteiger partial charge in [0.15, 0.2) is 0 Å². The van der Waals surface area contributed by atoms with Crippen LogP contribution in [0.4, 0.5) is 0 Å². The van der Waals surface area contributed by atoms with Crippen molar-refractivity contribution < 1.29 is 14.3 Å². The van der Waals surface area contributed by atoms with Crippen molar-refractivity contribution >= 4 is 15.9 Å². The van der Waals surface area contributed by atoms with Gasteiger partial charge in [0, 0.05) is 6.61 Å². The summed E-state index contributed by atoms with van der Waals surface area (Å²) in [6.45, 7) is 2.77. The molecule has 0 aromatic carbocycles. The van der Waals surface area contributed by atoms with E-state index in [-0.39, 0.29) is 6.61 Å². The molecule has 1 rings (SSSR count). The molecule has 0 aliphatic heterocycles. The Labute approximate surface area is 97.7 Å². The van der Waals surface area contributed by atoms with Gasteiger partial charge in [0.2, 0.25) is 0 Å². The van der Waals surface area contributed by atoms with Crippen LogP contribution in [0.25, 0.3) is 0 Å². The summed E-state index contributed by atoms with van der Waals surface area (Å²) in [6.07, 6.45) is 2.59. The molecule has 1 aromatic rings. The van der Waals surface area contributed by atoms with Crippen molar-refractivity contribution in [2.45, 2.75) is 13.0 Å². The molecule has 0 spiro atoms. The minimum absolute atomic E-state index is 0.0901. The number of rotatable bonds is 8. The van der Waals surface area contributed by atoms with Crippen LogP contribution in [-0.4, -0.2) is 31.5 Å². The molecule has 1 heterocycles. The highest BCUT2D eigenvalue weighted by atomic mass is 79.9. The summed E-state index contributed by atoms with van der Waals surface area (Å²) in [5.74, 6) is 0.909. The van der Waals surface area contributed by atoms with E-state index in [0.29, 0.717) is 19.8 Å². The summed E-state index contributed by atoms with van der Waals surface area (Å²) in [5.41, 5.74) is 0. The third-order valence-corrected chi connectivity index (χ3v) is 2.56. The van der Waals surface area contributed by atoms with Crippen LogP contribution in [0.2, 0.25) is 0 Å². The van der Waals surface area contributed by atoms with E-state index in [1.165, 1.54) is 0 Å². The summed E-state index contributed by atoms with van der Waals surface area (Å²) < 4.78 is 11.3. The maximum absolute atomic E-state index is 8.47. The van der Waals surface area contributed by atoms with Gasteiger partial charge in [0.25, 0.3) is 0 Å². The van der Waals surface area contributed by atoms with Crippen molar-refractivity contribution in [2.24, 2.45) is 0 Å². The van der Waals surface area contributed by atoms with Crippen LogP contribution >= 0.6 is 15.9 Å². The van der Waals surface area contributed by atoms with Crippen molar-refractivity contribution in [3.8, 4) is 0 Å². The fraction of sp³-hybridized carbons (Fsp3) is 0.600. The number of aliphatic hydroxyl groups excluding tert-OH is 1. The zero-order valence-corrected chi connectivity index (χ0v) is 10.1. The third-order valence-electron chi connectivity index (χ3n) is 1.85. The van der Waals surface area contributed by atoms with Crippen molar-refractivity contribution in [1.29, 1.82) is 0 Å². The average molecular weight is 278 g/mol. The molecule has 0 amide bonds. The number of furan rings is 1. The van der Waals surface area contributed by atoms with E-state index in [1.807, 2.05) is 6.07 Å². The zero-order chi connectivity index (χ0) is 10.9. The lowest BCUT2D eigenvalue weighted by Gasteiger charge is -2.03. The molecule has 86 valence electrons. The van der Waals surface area contributed by atoms with Gasteiger partial charge in [-0.1, -0.05) is 0 Å². The van der Waals surface area contributed by atoms with Crippen LogP contribution in [0.1, 0.15) is 12.2 Å². The molecule has 2 N–H and O–H groups in total. The van der Waals surface area contributed by atoms with Gasteiger partial charge in [0.05, 0.1) is 30.5 Å². The molecule has 0 bridgehead atoms. The summed E-state index contributed by atoms with van der Waals surface area (Å²) in [5, 5.41) is 11.7. The Morgan fingerprint density at radius 3 is 3.00 bits per heavy atom. The predicted octanol–water partition coefficient (Wildman–Crippen LogP) is 1.53. The van der Waals surface area contributed by atoms with E-state index in [4.69, 9.17) is 14.3 Å². The molecule has 0 aliphatic carbocycles. The first-order chi connectivity index (χ1) is 7.34. The van der Waals surface area contributed by atoms with Gasteiger partial charge in [-0.3, -0.25) is 0 Å². The van der Waals surface area contributed by atoms with Crippen LogP contribution in [0.15, 0.2) is 21.2 Å². The lowest BCUT2D eigenvalue weighted by atomic mass is 10.4. The number of hydrogen-bond acceptors (Lipinski definition) is 4. The first kappa shape index (κ1) is 12.7. The standard InChI is InChI=1S/C10H16BrNO3/c11-9-2-6-15-10(9)8-12-3-1-5-14-7-4-13/h2,6,12-13H,1,3-5,7-8H2. The Hall–Kier alpha value is -0.360. The molecule has 0 atom stereocenters. The molecule has 0 saturated heterocycles. The second-order valence-electron chi connectivity index (χ2n) is 3.06. The molecule has 0 fully saturated rings. The van der Waals surface area contributed by atoms with E-state index in [9.17, 15) is 0 Å². The van der Waals surface area contributed by atoms with Crippen molar-refractivity contribution in [3.05, 3.63) is 22.6 Å². The topological polar surface area (TPSA) is 54.6 Å². The van der Waals surface area contributed by atoms with Gasteiger partial charge in [-0.15, -0.1) is 0 Å². The van der Waals surface area contributed by atoms with Crippen LogP contribution in [0, 0.1) is 0 Å². The quantitative estimate of drug-likeness (QED) is 0.708. The van der Waals surface area contributed by atoms with Crippen molar-refractivity contribution in [2.75, 3.05) is 26.4 Å². The van der Waals surface area contributed by atoms with Gasteiger partial charge in [-0.2, -0.15) is 0 Å². The molecule has 4 nitrogen and oxygen atoms in total. The Kier molecular flexibility index (Phi) is 6.67. The maximum atomic E-state index is 8.47. The average Bonchev–Trinajstić information content (AvgIpc) is 2.63. The summed E-state index contributed by atoms with van der Waals surface area (Å²) in [6, 6.07) is 1.88. The Morgan fingerprint density at radius 1 is 1.47 bits per heavy atom. The number of aliphatic hydroxyl groups is 1. The Balaban J connectivity index is 1.96. The zero-order valence-electron chi connectivity index (χ0n) is 8.54. The van der Waals surface area contributed by atoms with Gasteiger partial charge in [-0.25, -0.2) is 0 Å². The molecule has 0 radical (unpaired) electrons. The highest BCUT2D eigenvalue weighted by molar-refractivity contribution is 9.10. The number of halogens is 1. The summed E-state index contributed by atoms with van der Waals surface area (Å²) in [7, 11) is 0. The molecule has 5 heteroatoms. The largest absolute Gasteiger partial charge is 0.467 e. The van der Waals surface area contributed by atoms with E-state index in [2.05, 4.69) is 21.2 Å². The Morgan fingerprint density at radius 2 is 2.33 bits per heavy atom. The predicted molar refractivity (Wildman–Crippen MR) is 60.6 cm³/mol. The van der Waals surface area contributed by atoms with Crippen molar-refractivity contribution in [3.63, 3.8) is 0 Å². The minimum atomic E-state index is 0.0901. The van der Waals surface area contributed by atoms with Crippen LogP contribution < -0.4 is 5.32 Å². The van der Waals surface area contributed by atoms with Crippen molar-refractivity contribution in [1.82, 2.24) is 5.32 Å².